The van der Waals surface area contributed by atoms with Crippen molar-refractivity contribution in [1.82, 2.24) is 9.88 Å². The van der Waals surface area contributed by atoms with Gasteiger partial charge in [-0.15, -0.1) is 11.3 Å². The van der Waals surface area contributed by atoms with E-state index in [2.05, 4.69) is 18.7 Å². The molecule has 1 aromatic carbocycles. The van der Waals surface area contributed by atoms with E-state index in [1.165, 1.54) is 12.8 Å². The van der Waals surface area contributed by atoms with Crippen molar-refractivity contribution >= 4 is 17.2 Å². The Hall–Kier alpha value is -1.88. The Labute approximate surface area is 160 Å². The Kier molecular flexibility index (Phi) is 6.30. The van der Waals surface area contributed by atoms with E-state index in [1.54, 1.807) is 11.3 Å². The van der Waals surface area contributed by atoms with E-state index in [0.717, 1.165) is 34.9 Å². The fraction of sp³-hybridized carbons (Fsp3) is 0.524. The number of hydrogen-bond acceptors (Lipinski definition) is 4. The number of carbonyl (C=O) groups is 1. The van der Waals surface area contributed by atoms with E-state index in [-0.39, 0.29) is 11.9 Å². The number of thiazole rings is 1. The lowest BCUT2D eigenvalue weighted by molar-refractivity contribution is -0.134. The first kappa shape index (κ1) is 18.9. The molecule has 0 atom stereocenters. The molecule has 1 aliphatic carbocycles. The first-order valence-corrected chi connectivity index (χ1v) is 10.4. The quantitative estimate of drug-likeness (QED) is 0.692. The summed E-state index contributed by atoms with van der Waals surface area (Å²) in [5, 5.41) is 2.96. The van der Waals surface area contributed by atoms with Gasteiger partial charge < -0.3 is 9.64 Å². The van der Waals surface area contributed by atoms with Crippen LogP contribution in [0, 0.1) is 0 Å². The van der Waals surface area contributed by atoms with Crippen molar-refractivity contribution in [3.05, 3.63) is 35.3 Å². The van der Waals surface area contributed by atoms with Crippen LogP contribution in [0.1, 0.15) is 52.1 Å². The minimum atomic E-state index is 0.204. The third-order valence-electron chi connectivity index (χ3n) is 4.86. The standard InChI is InChI=1S/C21H28N2O2S/c1-4-25-19-11-9-16(10-12-19)21-22-17(14-26-21)13-20(24)23(15(2)3)18-7-5-6-8-18/h9-12,14-15,18H,4-8,13H2,1-3H3. The second-order valence-corrected chi connectivity index (χ2v) is 7.97. The van der Waals surface area contributed by atoms with Gasteiger partial charge in [-0.25, -0.2) is 4.98 Å². The molecule has 4 nitrogen and oxygen atoms in total. The molecule has 140 valence electrons. The maximum Gasteiger partial charge on any atom is 0.229 e. The number of amides is 1. The summed E-state index contributed by atoms with van der Waals surface area (Å²) in [5.41, 5.74) is 1.93. The molecule has 0 aliphatic heterocycles. The summed E-state index contributed by atoms with van der Waals surface area (Å²) in [4.78, 5) is 19.7. The maximum absolute atomic E-state index is 12.9. The maximum atomic E-state index is 12.9. The van der Waals surface area contributed by atoms with Crippen LogP contribution in [0.4, 0.5) is 0 Å². The van der Waals surface area contributed by atoms with Crippen LogP contribution in [0.25, 0.3) is 10.6 Å². The van der Waals surface area contributed by atoms with Crippen molar-refractivity contribution in [3.63, 3.8) is 0 Å². The number of nitrogens with zero attached hydrogens (tertiary/aromatic N) is 2. The average Bonchev–Trinajstić information content (AvgIpc) is 3.28. The molecule has 1 amide bonds. The van der Waals surface area contributed by atoms with Crippen LogP contribution in [-0.4, -0.2) is 34.5 Å². The van der Waals surface area contributed by atoms with Crippen molar-refractivity contribution in [2.45, 2.75) is 65.0 Å². The van der Waals surface area contributed by atoms with Crippen molar-refractivity contribution in [2.24, 2.45) is 0 Å². The highest BCUT2D eigenvalue weighted by atomic mass is 32.1. The molecule has 1 fully saturated rings. The van der Waals surface area contributed by atoms with Gasteiger partial charge >= 0.3 is 0 Å². The summed E-state index contributed by atoms with van der Waals surface area (Å²) >= 11 is 1.59. The number of rotatable bonds is 7. The Morgan fingerprint density at radius 2 is 1.96 bits per heavy atom. The van der Waals surface area contributed by atoms with Gasteiger partial charge in [0.2, 0.25) is 5.91 Å². The zero-order chi connectivity index (χ0) is 18.5. The van der Waals surface area contributed by atoms with Gasteiger partial charge in [0.05, 0.1) is 18.7 Å². The lowest BCUT2D eigenvalue weighted by Gasteiger charge is -2.32. The number of aromatic nitrogens is 1. The summed E-state index contributed by atoms with van der Waals surface area (Å²) in [5.74, 6) is 1.07. The summed E-state index contributed by atoms with van der Waals surface area (Å²) in [6, 6.07) is 8.63. The molecule has 0 saturated heterocycles. The highest BCUT2D eigenvalue weighted by Crippen LogP contribution is 2.28. The topological polar surface area (TPSA) is 42.4 Å². The molecule has 0 radical (unpaired) electrons. The van der Waals surface area contributed by atoms with E-state index in [0.29, 0.717) is 19.1 Å². The van der Waals surface area contributed by atoms with E-state index in [4.69, 9.17) is 9.72 Å². The minimum Gasteiger partial charge on any atom is -0.494 e. The van der Waals surface area contributed by atoms with E-state index in [1.807, 2.05) is 36.6 Å². The molecule has 5 heteroatoms. The average molecular weight is 373 g/mol. The molecule has 1 aliphatic rings. The van der Waals surface area contributed by atoms with Crippen LogP contribution in [0.3, 0.4) is 0 Å². The molecule has 0 N–H and O–H groups in total. The van der Waals surface area contributed by atoms with Gasteiger partial charge in [-0.2, -0.15) is 0 Å². The molecule has 26 heavy (non-hydrogen) atoms. The minimum absolute atomic E-state index is 0.204. The van der Waals surface area contributed by atoms with Crippen molar-refractivity contribution in [1.29, 1.82) is 0 Å². The summed E-state index contributed by atoms with van der Waals surface area (Å²) in [6.07, 6.45) is 5.14. The number of hydrogen-bond donors (Lipinski definition) is 0. The monoisotopic (exact) mass is 372 g/mol. The number of carbonyl (C=O) groups excluding carboxylic acids is 1. The Balaban J connectivity index is 1.68. The van der Waals surface area contributed by atoms with E-state index in [9.17, 15) is 4.79 Å². The second kappa shape index (κ2) is 8.67. The first-order chi connectivity index (χ1) is 12.6. The molecule has 0 unspecified atom stereocenters. The van der Waals surface area contributed by atoms with Crippen molar-refractivity contribution in [3.8, 4) is 16.3 Å². The van der Waals surface area contributed by atoms with Crippen LogP contribution < -0.4 is 4.74 Å². The highest BCUT2D eigenvalue weighted by molar-refractivity contribution is 7.13. The summed E-state index contributed by atoms with van der Waals surface area (Å²) in [7, 11) is 0. The largest absolute Gasteiger partial charge is 0.494 e. The zero-order valence-corrected chi connectivity index (χ0v) is 16.7. The summed E-state index contributed by atoms with van der Waals surface area (Å²) in [6.45, 7) is 6.87. The highest BCUT2D eigenvalue weighted by Gasteiger charge is 2.28. The van der Waals surface area contributed by atoms with Crippen LogP contribution >= 0.6 is 11.3 Å². The second-order valence-electron chi connectivity index (χ2n) is 7.11. The molecule has 2 aromatic rings. The predicted octanol–water partition coefficient (Wildman–Crippen LogP) is 4.93. The molecule has 1 aromatic heterocycles. The lowest BCUT2D eigenvalue weighted by atomic mass is 10.1. The van der Waals surface area contributed by atoms with Gasteiger partial charge in [-0.1, -0.05) is 12.8 Å². The van der Waals surface area contributed by atoms with Gasteiger partial charge in [0.25, 0.3) is 0 Å². The van der Waals surface area contributed by atoms with Crippen LogP contribution in [0.15, 0.2) is 29.6 Å². The SMILES string of the molecule is CCOc1ccc(-c2nc(CC(=O)N(C(C)C)C3CCCC3)cs2)cc1. The van der Waals surface area contributed by atoms with Gasteiger partial charge in [-0.05, 0) is 57.9 Å². The van der Waals surface area contributed by atoms with Crippen molar-refractivity contribution < 1.29 is 9.53 Å². The summed E-state index contributed by atoms with van der Waals surface area (Å²) < 4.78 is 5.48. The molecule has 1 heterocycles. The molecular formula is C21H28N2O2S. The number of ether oxygens (including phenoxy) is 1. The van der Waals surface area contributed by atoms with Gasteiger partial charge in [0.1, 0.15) is 10.8 Å². The van der Waals surface area contributed by atoms with Crippen molar-refractivity contribution in [2.75, 3.05) is 6.61 Å². The molecule has 0 spiro atoms. The molecule has 3 rings (SSSR count). The number of benzene rings is 1. The van der Waals surface area contributed by atoms with E-state index >= 15 is 0 Å². The lowest BCUT2D eigenvalue weighted by Crippen LogP contribution is -2.44. The van der Waals surface area contributed by atoms with E-state index < -0.39 is 0 Å². The Bertz CT molecular complexity index is 718. The van der Waals surface area contributed by atoms with Gasteiger partial charge in [0, 0.05) is 23.0 Å². The van der Waals surface area contributed by atoms with Gasteiger partial charge in [0.15, 0.2) is 0 Å². The molecule has 0 bridgehead atoms. The molecular weight excluding hydrogens is 344 g/mol. The first-order valence-electron chi connectivity index (χ1n) is 9.57. The predicted molar refractivity (Wildman–Crippen MR) is 107 cm³/mol. The van der Waals surface area contributed by atoms with Gasteiger partial charge in [-0.3, -0.25) is 4.79 Å². The van der Waals surface area contributed by atoms with Crippen LogP contribution in [-0.2, 0) is 11.2 Å². The van der Waals surface area contributed by atoms with Crippen LogP contribution in [0.2, 0.25) is 0 Å². The van der Waals surface area contributed by atoms with Crippen LogP contribution in [0.5, 0.6) is 5.75 Å². The Morgan fingerprint density at radius 1 is 1.27 bits per heavy atom. The smallest absolute Gasteiger partial charge is 0.229 e. The Morgan fingerprint density at radius 3 is 2.58 bits per heavy atom. The molecule has 1 saturated carbocycles. The normalized spacial score (nSPS) is 14.8. The third kappa shape index (κ3) is 4.44. The fourth-order valence-corrected chi connectivity index (χ4v) is 4.55. The fourth-order valence-electron chi connectivity index (χ4n) is 3.72. The third-order valence-corrected chi connectivity index (χ3v) is 5.80. The zero-order valence-electron chi connectivity index (χ0n) is 15.9.